The van der Waals surface area contributed by atoms with Gasteiger partial charge in [0, 0.05) is 28.9 Å². The highest BCUT2D eigenvalue weighted by Gasteiger charge is 2.31. The number of halogens is 1. The van der Waals surface area contributed by atoms with Gasteiger partial charge in [-0.2, -0.15) is 0 Å². The third-order valence-electron chi connectivity index (χ3n) is 4.90. The van der Waals surface area contributed by atoms with E-state index in [4.69, 9.17) is 11.6 Å². The van der Waals surface area contributed by atoms with Crippen molar-refractivity contribution in [1.29, 1.82) is 0 Å². The molecule has 0 atom stereocenters. The summed E-state index contributed by atoms with van der Waals surface area (Å²) in [6.07, 6.45) is 1.04. The van der Waals surface area contributed by atoms with Crippen molar-refractivity contribution in [3.63, 3.8) is 0 Å². The molecule has 1 N–H and O–H groups in total. The first-order chi connectivity index (χ1) is 13.9. The first-order valence-electron chi connectivity index (χ1n) is 9.64. The number of carbonyl (C=O) groups excluding carboxylic acids is 1. The summed E-state index contributed by atoms with van der Waals surface area (Å²) >= 11 is 7.64. The van der Waals surface area contributed by atoms with E-state index in [2.05, 4.69) is 12.2 Å². The van der Waals surface area contributed by atoms with Crippen molar-refractivity contribution < 1.29 is 13.2 Å². The Hall–Kier alpha value is -1.54. The Morgan fingerprint density at radius 2 is 1.90 bits per heavy atom. The Labute approximate surface area is 181 Å². The molecule has 1 amide bonds. The summed E-state index contributed by atoms with van der Waals surface area (Å²) in [5.74, 6) is 0.621. The van der Waals surface area contributed by atoms with E-state index in [9.17, 15) is 13.2 Å². The van der Waals surface area contributed by atoms with E-state index in [0.717, 1.165) is 16.3 Å². The Morgan fingerprint density at radius 1 is 1.17 bits per heavy atom. The average molecular weight is 453 g/mol. The monoisotopic (exact) mass is 452 g/mol. The lowest BCUT2D eigenvalue weighted by atomic mass is 9.97. The molecule has 1 aliphatic rings. The number of sulfonamides is 1. The van der Waals surface area contributed by atoms with Crippen LogP contribution in [-0.4, -0.2) is 37.5 Å². The zero-order valence-electron chi connectivity index (χ0n) is 16.3. The summed E-state index contributed by atoms with van der Waals surface area (Å²) in [6.45, 7) is 2.78. The fraction of sp³-hybridized carbons (Fsp3) is 0.381. The number of benzene rings is 2. The molecule has 8 heteroatoms. The molecule has 156 valence electrons. The van der Waals surface area contributed by atoms with E-state index in [0.29, 0.717) is 36.5 Å². The molecule has 29 heavy (non-hydrogen) atoms. The lowest BCUT2D eigenvalue weighted by Crippen LogP contribution is -2.41. The molecule has 0 aromatic heterocycles. The summed E-state index contributed by atoms with van der Waals surface area (Å²) in [7, 11) is -3.44. The van der Waals surface area contributed by atoms with Crippen molar-refractivity contribution in [3.8, 4) is 0 Å². The minimum absolute atomic E-state index is 0.0407. The Morgan fingerprint density at radius 3 is 2.59 bits per heavy atom. The maximum absolute atomic E-state index is 12.7. The minimum atomic E-state index is -3.44. The van der Waals surface area contributed by atoms with Crippen LogP contribution in [0.2, 0.25) is 5.02 Å². The molecule has 2 aromatic carbocycles. The van der Waals surface area contributed by atoms with Crippen LogP contribution in [-0.2, 0) is 20.6 Å². The topological polar surface area (TPSA) is 66.5 Å². The maximum atomic E-state index is 12.7. The third kappa shape index (κ3) is 5.98. The quantitative estimate of drug-likeness (QED) is 0.622. The van der Waals surface area contributed by atoms with Gasteiger partial charge in [0.2, 0.25) is 15.9 Å². The van der Waals surface area contributed by atoms with Gasteiger partial charge in [0.05, 0.1) is 11.4 Å². The highest BCUT2D eigenvalue weighted by molar-refractivity contribution is 7.99. The van der Waals surface area contributed by atoms with Gasteiger partial charge in [-0.25, -0.2) is 12.7 Å². The van der Waals surface area contributed by atoms with Crippen LogP contribution in [0.4, 0.5) is 5.69 Å². The second-order valence-corrected chi connectivity index (χ2v) is 10.7. The minimum Gasteiger partial charge on any atom is -0.325 e. The second-order valence-electron chi connectivity index (χ2n) is 6.98. The van der Waals surface area contributed by atoms with Gasteiger partial charge in [0.1, 0.15) is 0 Å². The molecule has 0 radical (unpaired) electrons. The van der Waals surface area contributed by atoms with Crippen molar-refractivity contribution >= 4 is 45.0 Å². The van der Waals surface area contributed by atoms with Gasteiger partial charge in [0.15, 0.2) is 0 Å². The van der Waals surface area contributed by atoms with Crippen LogP contribution in [0.15, 0.2) is 53.4 Å². The highest BCUT2D eigenvalue weighted by atomic mass is 35.5. The number of nitrogens with zero attached hydrogens (tertiary/aromatic N) is 1. The molecule has 1 fully saturated rings. The standard InChI is InChI=1S/C21H25ClN2O3S2/c1-2-28-20-9-4-3-8-19(20)23-21(25)17-10-12-24(13-11-17)29(26,27)15-16-6-5-7-18(22)14-16/h3-9,14,17H,2,10-13,15H2,1H3,(H,23,25). The van der Waals surface area contributed by atoms with E-state index < -0.39 is 10.0 Å². The summed E-state index contributed by atoms with van der Waals surface area (Å²) in [6, 6.07) is 14.7. The van der Waals surface area contributed by atoms with Gasteiger partial charge in [-0.1, -0.05) is 42.8 Å². The number of rotatable bonds is 7. The summed E-state index contributed by atoms with van der Waals surface area (Å²) < 4.78 is 26.9. The van der Waals surface area contributed by atoms with E-state index in [-0.39, 0.29) is 17.6 Å². The molecule has 0 spiro atoms. The number of carbonyl (C=O) groups is 1. The molecule has 1 aliphatic heterocycles. The van der Waals surface area contributed by atoms with Crippen LogP contribution in [0.25, 0.3) is 0 Å². The van der Waals surface area contributed by atoms with Crippen LogP contribution < -0.4 is 5.32 Å². The lowest BCUT2D eigenvalue weighted by molar-refractivity contribution is -0.120. The molecule has 0 unspecified atom stereocenters. The van der Waals surface area contributed by atoms with Crippen LogP contribution in [0.1, 0.15) is 25.3 Å². The number of para-hydroxylation sites is 1. The van der Waals surface area contributed by atoms with Crippen LogP contribution in [0, 0.1) is 5.92 Å². The number of amides is 1. The van der Waals surface area contributed by atoms with Gasteiger partial charge in [0.25, 0.3) is 0 Å². The molecule has 0 aliphatic carbocycles. The first-order valence-corrected chi connectivity index (χ1v) is 12.6. The fourth-order valence-corrected chi connectivity index (χ4v) is 5.93. The zero-order chi connectivity index (χ0) is 20.9. The summed E-state index contributed by atoms with van der Waals surface area (Å²) in [5, 5.41) is 3.55. The molecule has 1 heterocycles. The smallest absolute Gasteiger partial charge is 0.227 e. The molecule has 0 bridgehead atoms. The second kappa shape index (κ2) is 9.98. The average Bonchev–Trinajstić information content (AvgIpc) is 2.69. The molecule has 1 saturated heterocycles. The van der Waals surface area contributed by atoms with E-state index in [1.807, 2.05) is 24.3 Å². The predicted octanol–water partition coefficient (Wildman–Crippen LogP) is 4.63. The van der Waals surface area contributed by atoms with E-state index in [1.54, 1.807) is 36.0 Å². The van der Waals surface area contributed by atoms with Crippen LogP contribution in [0.5, 0.6) is 0 Å². The normalized spacial score (nSPS) is 15.9. The first kappa shape index (κ1) is 22.2. The number of nitrogens with one attached hydrogen (secondary N) is 1. The predicted molar refractivity (Wildman–Crippen MR) is 120 cm³/mol. The van der Waals surface area contributed by atoms with E-state index >= 15 is 0 Å². The van der Waals surface area contributed by atoms with E-state index in [1.165, 1.54) is 4.31 Å². The third-order valence-corrected chi connectivity index (χ3v) is 7.94. The van der Waals surface area contributed by atoms with Gasteiger partial charge < -0.3 is 5.32 Å². The lowest BCUT2D eigenvalue weighted by Gasteiger charge is -2.30. The van der Waals surface area contributed by atoms with Crippen molar-refractivity contribution in [2.45, 2.75) is 30.4 Å². The maximum Gasteiger partial charge on any atom is 0.227 e. The number of thioether (sulfide) groups is 1. The Bertz CT molecular complexity index is 958. The van der Waals surface area contributed by atoms with Crippen molar-refractivity contribution in [3.05, 3.63) is 59.1 Å². The number of anilines is 1. The van der Waals surface area contributed by atoms with Gasteiger partial charge >= 0.3 is 0 Å². The number of hydrogen-bond donors (Lipinski definition) is 1. The van der Waals surface area contributed by atoms with Crippen molar-refractivity contribution in [2.75, 3.05) is 24.2 Å². The van der Waals surface area contributed by atoms with Gasteiger partial charge in [-0.3, -0.25) is 4.79 Å². The zero-order valence-corrected chi connectivity index (χ0v) is 18.7. The number of piperidine rings is 1. The fourth-order valence-electron chi connectivity index (χ4n) is 3.41. The molecule has 3 rings (SSSR count). The molecule has 2 aromatic rings. The summed E-state index contributed by atoms with van der Waals surface area (Å²) in [4.78, 5) is 13.8. The van der Waals surface area contributed by atoms with Crippen LogP contribution in [0.3, 0.4) is 0 Å². The van der Waals surface area contributed by atoms with Crippen molar-refractivity contribution in [1.82, 2.24) is 4.31 Å². The van der Waals surface area contributed by atoms with Crippen molar-refractivity contribution in [2.24, 2.45) is 5.92 Å². The number of hydrogen-bond acceptors (Lipinski definition) is 4. The Kier molecular flexibility index (Phi) is 7.62. The largest absolute Gasteiger partial charge is 0.325 e. The Balaban J connectivity index is 1.58. The van der Waals surface area contributed by atoms with Crippen LogP contribution >= 0.6 is 23.4 Å². The van der Waals surface area contributed by atoms with Gasteiger partial charge in [-0.15, -0.1) is 11.8 Å². The molecule has 5 nitrogen and oxygen atoms in total. The molecule has 0 saturated carbocycles. The SMILES string of the molecule is CCSc1ccccc1NC(=O)C1CCN(S(=O)(=O)Cc2cccc(Cl)c2)CC1. The summed E-state index contributed by atoms with van der Waals surface area (Å²) in [5.41, 5.74) is 1.49. The van der Waals surface area contributed by atoms with Gasteiger partial charge in [-0.05, 0) is 48.4 Å². The highest BCUT2D eigenvalue weighted by Crippen LogP contribution is 2.29. The molecular weight excluding hydrogens is 428 g/mol. The molecular formula is C21H25ClN2O3S2.